The maximum atomic E-state index is 13.1. The molecule has 2 aromatic rings. The third kappa shape index (κ3) is 5.19. The van der Waals surface area contributed by atoms with Crippen LogP contribution in [0.15, 0.2) is 40.9 Å². The predicted molar refractivity (Wildman–Crippen MR) is 97.2 cm³/mol. The van der Waals surface area contributed by atoms with Gasteiger partial charge < -0.3 is 15.4 Å². The minimum absolute atomic E-state index is 0.203. The van der Waals surface area contributed by atoms with Crippen LogP contribution >= 0.6 is 15.9 Å². The number of carbonyl (C=O) groups is 1. The summed E-state index contributed by atoms with van der Waals surface area (Å²) < 4.78 is 18.9. The quantitative estimate of drug-likeness (QED) is 0.688. The summed E-state index contributed by atoms with van der Waals surface area (Å²) in [6.07, 6.45) is 0.648. The van der Waals surface area contributed by atoms with Gasteiger partial charge in [-0.15, -0.1) is 0 Å². The first-order chi connectivity index (χ1) is 12.0. The van der Waals surface area contributed by atoms with Crippen molar-refractivity contribution >= 4 is 27.5 Å². The summed E-state index contributed by atoms with van der Waals surface area (Å²) in [7, 11) is 1.54. The molecule has 0 saturated heterocycles. The number of methoxy groups -OCH3 is 1. The Morgan fingerprint density at radius 1 is 1.28 bits per heavy atom. The van der Waals surface area contributed by atoms with Gasteiger partial charge in [-0.3, -0.25) is 4.79 Å². The number of ether oxygens (including phenoxy) is 1. The Labute approximate surface area is 153 Å². The highest BCUT2D eigenvalue weighted by Crippen LogP contribution is 2.22. The van der Waals surface area contributed by atoms with E-state index in [9.17, 15) is 9.18 Å². The normalized spacial score (nSPS) is 10.0. The van der Waals surface area contributed by atoms with Crippen molar-refractivity contribution in [2.45, 2.75) is 6.42 Å². The first-order valence-corrected chi connectivity index (χ1v) is 8.39. The molecule has 0 heterocycles. The minimum atomic E-state index is -0.446. The standard InChI is InChI=1S/C18H17BrFN3O2/c1-25-14-4-5-16(19)15(10-14)18(24)23-8-2-7-22-17-6-3-13(20)9-12(17)11-21/h3-6,9-10,22H,2,7-8H2,1H3,(H,23,24). The van der Waals surface area contributed by atoms with Crippen LogP contribution in [0.3, 0.4) is 0 Å². The zero-order chi connectivity index (χ0) is 18.2. The van der Waals surface area contributed by atoms with Crippen molar-refractivity contribution in [1.82, 2.24) is 5.32 Å². The molecule has 0 spiro atoms. The molecule has 25 heavy (non-hydrogen) atoms. The van der Waals surface area contributed by atoms with Gasteiger partial charge in [0.15, 0.2) is 0 Å². The summed E-state index contributed by atoms with van der Waals surface area (Å²) in [6, 6.07) is 11.1. The summed E-state index contributed by atoms with van der Waals surface area (Å²) in [5.74, 6) is -0.0427. The van der Waals surface area contributed by atoms with Crippen molar-refractivity contribution < 1.29 is 13.9 Å². The van der Waals surface area contributed by atoms with Gasteiger partial charge in [-0.25, -0.2) is 4.39 Å². The fourth-order valence-corrected chi connectivity index (χ4v) is 2.60. The first-order valence-electron chi connectivity index (χ1n) is 7.60. The van der Waals surface area contributed by atoms with Gasteiger partial charge in [0.2, 0.25) is 0 Å². The largest absolute Gasteiger partial charge is 0.497 e. The van der Waals surface area contributed by atoms with Crippen LogP contribution in [0.4, 0.5) is 10.1 Å². The molecule has 0 bridgehead atoms. The third-order valence-corrected chi connectivity index (χ3v) is 4.17. The molecule has 2 aromatic carbocycles. The Morgan fingerprint density at radius 2 is 2.08 bits per heavy atom. The molecule has 0 saturated carbocycles. The van der Waals surface area contributed by atoms with Gasteiger partial charge in [-0.2, -0.15) is 5.26 Å². The molecule has 2 N–H and O–H groups in total. The van der Waals surface area contributed by atoms with Gasteiger partial charge in [0.25, 0.3) is 5.91 Å². The number of nitrogens with one attached hydrogen (secondary N) is 2. The summed E-state index contributed by atoms with van der Waals surface area (Å²) in [5, 5.41) is 14.9. The van der Waals surface area contributed by atoms with Crippen LogP contribution in [0, 0.1) is 17.1 Å². The zero-order valence-electron chi connectivity index (χ0n) is 13.6. The SMILES string of the molecule is COc1ccc(Br)c(C(=O)NCCCNc2ccc(F)cc2C#N)c1. The highest BCUT2D eigenvalue weighted by molar-refractivity contribution is 9.10. The third-order valence-electron chi connectivity index (χ3n) is 3.47. The molecule has 0 atom stereocenters. The van der Waals surface area contributed by atoms with Gasteiger partial charge in [0.05, 0.1) is 23.9 Å². The number of nitriles is 1. The molecule has 5 nitrogen and oxygen atoms in total. The second-order valence-electron chi connectivity index (χ2n) is 5.18. The summed E-state index contributed by atoms with van der Waals surface area (Å²) >= 11 is 3.35. The lowest BCUT2D eigenvalue weighted by atomic mass is 10.2. The molecule has 0 radical (unpaired) electrons. The van der Waals surface area contributed by atoms with Crippen LogP contribution in [-0.4, -0.2) is 26.1 Å². The number of rotatable bonds is 7. The topological polar surface area (TPSA) is 74.2 Å². The molecule has 0 aliphatic rings. The molecule has 0 aliphatic carbocycles. The highest BCUT2D eigenvalue weighted by Gasteiger charge is 2.10. The van der Waals surface area contributed by atoms with E-state index in [2.05, 4.69) is 26.6 Å². The Kier molecular flexibility index (Phi) is 6.78. The molecule has 130 valence electrons. The molecule has 2 rings (SSSR count). The van der Waals surface area contributed by atoms with Crippen LogP contribution in [-0.2, 0) is 0 Å². The monoisotopic (exact) mass is 405 g/mol. The van der Waals surface area contributed by atoms with Gasteiger partial charge in [0.1, 0.15) is 17.6 Å². The average Bonchev–Trinajstić information content (AvgIpc) is 2.62. The second kappa shape index (κ2) is 9.04. The lowest BCUT2D eigenvalue weighted by Gasteiger charge is -2.10. The second-order valence-corrected chi connectivity index (χ2v) is 6.04. The molecular formula is C18H17BrFN3O2. The molecule has 7 heteroatoms. The van der Waals surface area contributed by atoms with E-state index in [0.29, 0.717) is 41.0 Å². The van der Waals surface area contributed by atoms with E-state index in [1.165, 1.54) is 18.2 Å². The highest BCUT2D eigenvalue weighted by atomic mass is 79.9. The van der Waals surface area contributed by atoms with Crippen molar-refractivity contribution in [2.75, 3.05) is 25.5 Å². The van der Waals surface area contributed by atoms with E-state index in [1.54, 1.807) is 25.3 Å². The molecule has 1 amide bonds. The number of hydrogen-bond acceptors (Lipinski definition) is 4. The maximum absolute atomic E-state index is 13.1. The minimum Gasteiger partial charge on any atom is -0.497 e. The maximum Gasteiger partial charge on any atom is 0.252 e. The predicted octanol–water partition coefficient (Wildman–Crippen LogP) is 3.70. The Hall–Kier alpha value is -2.59. The number of amides is 1. The van der Waals surface area contributed by atoms with Crippen LogP contribution in [0.1, 0.15) is 22.3 Å². The van der Waals surface area contributed by atoms with E-state index < -0.39 is 5.82 Å². The van der Waals surface area contributed by atoms with Crippen LogP contribution in [0.2, 0.25) is 0 Å². The van der Waals surface area contributed by atoms with Gasteiger partial charge in [-0.1, -0.05) is 0 Å². The van der Waals surface area contributed by atoms with E-state index in [0.717, 1.165) is 0 Å². The Morgan fingerprint density at radius 3 is 2.80 bits per heavy atom. The molecule has 0 aromatic heterocycles. The lowest BCUT2D eigenvalue weighted by molar-refractivity contribution is 0.0952. The van der Waals surface area contributed by atoms with Crippen molar-refractivity contribution in [2.24, 2.45) is 0 Å². The van der Waals surface area contributed by atoms with E-state index in [1.807, 2.05) is 6.07 Å². The molecule has 0 fully saturated rings. The van der Waals surface area contributed by atoms with E-state index >= 15 is 0 Å². The summed E-state index contributed by atoms with van der Waals surface area (Å²) in [6.45, 7) is 0.998. The Balaban J connectivity index is 1.82. The van der Waals surface area contributed by atoms with E-state index in [-0.39, 0.29) is 11.5 Å². The van der Waals surface area contributed by atoms with Gasteiger partial charge >= 0.3 is 0 Å². The van der Waals surface area contributed by atoms with Crippen molar-refractivity contribution in [3.8, 4) is 11.8 Å². The molecule has 0 unspecified atom stereocenters. The van der Waals surface area contributed by atoms with Crippen LogP contribution in [0.25, 0.3) is 0 Å². The number of halogens is 2. The van der Waals surface area contributed by atoms with Crippen molar-refractivity contribution in [1.29, 1.82) is 5.26 Å². The average molecular weight is 406 g/mol. The number of anilines is 1. The Bertz CT molecular complexity index is 805. The zero-order valence-corrected chi connectivity index (χ0v) is 15.2. The number of hydrogen-bond donors (Lipinski definition) is 2. The van der Waals surface area contributed by atoms with Crippen molar-refractivity contribution in [3.05, 3.63) is 57.8 Å². The lowest BCUT2D eigenvalue weighted by Crippen LogP contribution is -2.26. The van der Waals surface area contributed by atoms with Crippen molar-refractivity contribution in [3.63, 3.8) is 0 Å². The number of benzene rings is 2. The smallest absolute Gasteiger partial charge is 0.252 e. The summed E-state index contributed by atoms with van der Waals surface area (Å²) in [4.78, 5) is 12.2. The number of carbonyl (C=O) groups excluding carboxylic acids is 1. The fraction of sp³-hybridized carbons (Fsp3) is 0.222. The fourth-order valence-electron chi connectivity index (χ4n) is 2.18. The summed E-state index contributed by atoms with van der Waals surface area (Å²) in [5.41, 5.74) is 1.33. The molecular weight excluding hydrogens is 389 g/mol. The van der Waals surface area contributed by atoms with Crippen LogP contribution in [0.5, 0.6) is 5.75 Å². The van der Waals surface area contributed by atoms with E-state index in [4.69, 9.17) is 10.00 Å². The van der Waals surface area contributed by atoms with Gasteiger partial charge in [-0.05, 0) is 58.7 Å². The number of nitrogens with zero attached hydrogens (tertiary/aromatic N) is 1. The first kappa shape index (κ1) is 18.7. The molecule has 0 aliphatic heterocycles. The van der Waals surface area contributed by atoms with Crippen LogP contribution < -0.4 is 15.4 Å². The van der Waals surface area contributed by atoms with Gasteiger partial charge in [0, 0.05) is 17.6 Å².